The van der Waals surface area contributed by atoms with Crippen LogP contribution in [-0.2, 0) is 4.74 Å². The van der Waals surface area contributed by atoms with Gasteiger partial charge in [0.2, 0.25) is 0 Å². The molecule has 0 aliphatic carbocycles. The summed E-state index contributed by atoms with van der Waals surface area (Å²) < 4.78 is 35.5. The van der Waals surface area contributed by atoms with E-state index < -0.39 is 17.2 Å². The van der Waals surface area contributed by atoms with Gasteiger partial charge in [-0.25, -0.2) is 23.5 Å². The van der Waals surface area contributed by atoms with E-state index in [1.807, 2.05) is 45.9 Å². The molecule has 1 saturated heterocycles. The number of hydrogen-bond acceptors (Lipinski definition) is 6. The van der Waals surface area contributed by atoms with E-state index >= 15 is 0 Å². The second kappa shape index (κ2) is 9.42. The van der Waals surface area contributed by atoms with Gasteiger partial charge in [-0.05, 0) is 52.0 Å². The number of anilines is 1. The third-order valence-electron chi connectivity index (χ3n) is 6.18. The van der Waals surface area contributed by atoms with E-state index in [9.17, 15) is 13.6 Å². The first-order valence-electron chi connectivity index (χ1n) is 12.1. The molecule has 1 aliphatic heterocycles. The number of pyridine rings is 1. The molecule has 0 bridgehead atoms. The maximum absolute atomic E-state index is 14.1. The van der Waals surface area contributed by atoms with Gasteiger partial charge in [0.1, 0.15) is 29.4 Å². The molecule has 8 nitrogen and oxygen atoms in total. The Morgan fingerprint density at radius 1 is 1.05 bits per heavy atom. The Morgan fingerprint density at radius 3 is 2.46 bits per heavy atom. The van der Waals surface area contributed by atoms with Crippen molar-refractivity contribution in [2.75, 3.05) is 24.5 Å². The fraction of sp³-hybridized carbons (Fsp3) is 0.333. The number of hydrogen-bond donors (Lipinski definition) is 0. The zero-order valence-corrected chi connectivity index (χ0v) is 21.2. The van der Waals surface area contributed by atoms with Crippen LogP contribution in [0.2, 0.25) is 0 Å². The summed E-state index contributed by atoms with van der Waals surface area (Å²) in [7, 11) is 0. The van der Waals surface area contributed by atoms with Crippen molar-refractivity contribution in [1.29, 1.82) is 0 Å². The lowest BCUT2D eigenvalue weighted by atomic mass is 10.1. The molecule has 4 heterocycles. The zero-order valence-electron chi connectivity index (χ0n) is 21.2. The van der Waals surface area contributed by atoms with Crippen molar-refractivity contribution < 1.29 is 18.3 Å². The molecule has 3 aromatic heterocycles. The maximum atomic E-state index is 14.1. The summed E-state index contributed by atoms with van der Waals surface area (Å²) in [5.41, 5.74) is 1.64. The van der Waals surface area contributed by atoms with Gasteiger partial charge in [0.15, 0.2) is 5.65 Å². The minimum atomic E-state index is -0.683. The Bertz CT molecular complexity index is 1430. The summed E-state index contributed by atoms with van der Waals surface area (Å²) in [5, 5.41) is 0.712. The maximum Gasteiger partial charge on any atom is 0.410 e. The van der Waals surface area contributed by atoms with Gasteiger partial charge in [-0.15, -0.1) is 0 Å². The lowest BCUT2D eigenvalue weighted by Crippen LogP contribution is -2.55. The monoisotopic (exact) mass is 506 g/mol. The first-order chi connectivity index (χ1) is 17.6. The minimum absolute atomic E-state index is 0.133. The average Bonchev–Trinajstić information content (AvgIpc) is 3.23. The molecular weight excluding hydrogens is 478 g/mol. The fourth-order valence-electron chi connectivity index (χ4n) is 4.62. The fourth-order valence-corrected chi connectivity index (χ4v) is 4.62. The van der Waals surface area contributed by atoms with Crippen LogP contribution in [0.25, 0.3) is 28.0 Å². The lowest BCUT2D eigenvalue weighted by molar-refractivity contribution is 0.0158. The van der Waals surface area contributed by atoms with Crippen LogP contribution < -0.4 is 4.90 Å². The second-order valence-electron chi connectivity index (χ2n) is 10.1. The van der Waals surface area contributed by atoms with Crippen LogP contribution in [0.1, 0.15) is 27.7 Å². The smallest absolute Gasteiger partial charge is 0.410 e. The lowest BCUT2D eigenvalue weighted by Gasteiger charge is -2.40. The molecule has 1 fully saturated rings. The summed E-state index contributed by atoms with van der Waals surface area (Å²) >= 11 is 0. The van der Waals surface area contributed by atoms with Gasteiger partial charge >= 0.3 is 6.09 Å². The molecule has 37 heavy (non-hydrogen) atoms. The second-order valence-corrected chi connectivity index (χ2v) is 10.1. The quantitative estimate of drug-likeness (QED) is 0.380. The standard InChI is InChI=1S/C27H28F2N6O2/c1-17-14-33(9-10-34(17)26(36)37-27(2,3)4)24-23-21(22-7-5-6-8-30-22)15-35(25(23)32-16-31-24)20-12-18(28)11-19(29)13-20/h5-8,11-13,15-17H,9-10,14H2,1-4H3. The zero-order chi connectivity index (χ0) is 26.3. The molecule has 1 aromatic carbocycles. The van der Waals surface area contributed by atoms with E-state index in [0.29, 0.717) is 47.9 Å². The van der Waals surface area contributed by atoms with Crippen molar-refractivity contribution >= 4 is 22.9 Å². The molecule has 0 N–H and O–H groups in total. The Hall–Kier alpha value is -4.08. The molecule has 5 rings (SSSR count). The first-order valence-corrected chi connectivity index (χ1v) is 12.1. The Morgan fingerprint density at radius 2 is 1.81 bits per heavy atom. The number of fused-ring (bicyclic) bond motifs is 1. The van der Waals surface area contributed by atoms with Crippen LogP contribution in [0, 0.1) is 11.6 Å². The number of aromatic nitrogens is 4. The van der Waals surface area contributed by atoms with Crippen molar-refractivity contribution in [1.82, 2.24) is 24.4 Å². The van der Waals surface area contributed by atoms with Crippen LogP contribution in [0.3, 0.4) is 0 Å². The minimum Gasteiger partial charge on any atom is -0.444 e. The molecule has 4 aromatic rings. The van der Waals surface area contributed by atoms with Gasteiger partial charge in [-0.3, -0.25) is 4.98 Å². The number of carbonyl (C=O) groups excluding carboxylic acids is 1. The van der Waals surface area contributed by atoms with Gasteiger partial charge < -0.3 is 19.1 Å². The van der Waals surface area contributed by atoms with Crippen molar-refractivity contribution in [2.45, 2.75) is 39.3 Å². The van der Waals surface area contributed by atoms with Crippen molar-refractivity contribution in [3.8, 4) is 16.9 Å². The predicted molar refractivity (Wildman–Crippen MR) is 137 cm³/mol. The van der Waals surface area contributed by atoms with E-state index in [-0.39, 0.29) is 12.1 Å². The number of benzene rings is 1. The summed E-state index contributed by atoms with van der Waals surface area (Å²) in [4.78, 5) is 30.1. The van der Waals surface area contributed by atoms with Crippen LogP contribution in [0.5, 0.6) is 0 Å². The van der Waals surface area contributed by atoms with Crippen LogP contribution in [0.15, 0.2) is 55.1 Å². The number of amides is 1. The van der Waals surface area contributed by atoms with E-state index in [1.54, 1.807) is 21.9 Å². The largest absolute Gasteiger partial charge is 0.444 e. The van der Waals surface area contributed by atoms with E-state index in [1.165, 1.54) is 18.5 Å². The molecule has 192 valence electrons. The third-order valence-corrected chi connectivity index (χ3v) is 6.18. The third kappa shape index (κ3) is 4.96. The topological polar surface area (TPSA) is 76.4 Å². The number of rotatable bonds is 3. The number of halogens is 2. The Kier molecular flexibility index (Phi) is 6.26. The Balaban J connectivity index is 1.58. The molecule has 1 unspecified atom stereocenters. The number of nitrogens with zero attached hydrogens (tertiary/aromatic N) is 6. The Labute approximate surface area is 213 Å². The van der Waals surface area contributed by atoms with Crippen molar-refractivity contribution in [2.24, 2.45) is 0 Å². The van der Waals surface area contributed by atoms with Crippen LogP contribution >= 0.6 is 0 Å². The van der Waals surface area contributed by atoms with Gasteiger partial charge in [-0.2, -0.15) is 0 Å². The van der Waals surface area contributed by atoms with Gasteiger partial charge in [0.05, 0.1) is 16.8 Å². The molecule has 0 saturated carbocycles. The summed E-state index contributed by atoms with van der Waals surface area (Å²) in [6, 6.07) is 8.78. The number of ether oxygens (including phenoxy) is 1. The average molecular weight is 507 g/mol. The van der Waals surface area contributed by atoms with Gasteiger partial charge in [0, 0.05) is 49.7 Å². The highest BCUT2D eigenvalue weighted by Crippen LogP contribution is 2.37. The molecule has 0 radical (unpaired) electrons. The predicted octanol–water partition coefficient (Wildman–Crippen LogP) is 5.21. The normalized spacial score (nSPS) is 16.3. The van der Waals surface area contributed by atoms with E-state index in [2.05, 4.69) is 19.9 Å². The molecular formula is C27H28F2N6O2. The van der Waals surface area contributed by atoms with Crippen LogP contribution in [-0.4, -0.2) is 61.8 Å². The summed E-state index contributed by atoms with van der Waals surface area (Å²) in [6.07, 6.45) is 4.56. The summed E-state index contributed by atoms with van der Waals surface area (Å²) in [6.45, 7) is 9.00. The van der Waals surface area contributed by atoms with Crippen molar-refractivity contribution in [3.05, 3.63) is 66.8 Å². The molecule has 0 spiro atoms. The van der Waals surface area contributed by atoms with Gasteiger partial charge in [0.25, 0.3) is 0 Å². The van der Waals surface area contributed by atoms with Gasteiger partial charge in [-0.1, -0.05) is 6.07 Å². The van der Waals surface area contributed by atoms with Crippen molar-refractivity contribution in [3.63, 3.8) is 0 Å². The highest BCUT2D eigenvalue weighted by Gasteiger charge is 2.32. The SMILES string of the molecule is CC1CN(c2ncnc3c2c(-c2ccccn2)cn3-c2cc(F)cc(F)c2)CCN1C(=O)OC(C)(C)C. The highest BCUT2D eigenvalue weighted by atomic mass is 19.1. The van der Waals surface area contributed by atoms with Crippen LogP contribution in [0.4, 0.5) is 19.4 Å². The van der Waals surface area contributed by atoms with E-state index in [4.69, 9.17) is 4.74 Å². The molecule has 1 atom stereocenters. The molecule has 10 heteroatoms. The highest BCUT2D eigenvalue weighted by molar-refractivity contribution is 6.01. The molecule has 1 aliphatic rings. The number of piperazine rings is 1. The molecule has 1 amide bonds. The van der Waals surface area contributed by atoms with E-state index in [0.717, 1.165) is 11.6 Å². The summed E-state index contributed by atoms with van der Waals surface area (Å²) in [5.74, 6) is -0.702. The number of carbonyl (C=O) groups is 1. The first kappa shape index (κ1) is 24.6.